The van der Waals surface area contributed by atoms with Crippen molar-refractivity contribution >= 4 is 11.8 Å². The Kier molecular flexibility index (Phi) is 5.09. The maximum Gasteiger partial charge on any atom is 0.128 e. The van der Waals surface area contributed by atoms with E-state index in [9.17, 15) is 13.2 Å². The molecule has 0 saturated carbocycles. The average molecular weight is 297 g/mol. The van der Waals surface area contributed by atoms with Gasteiger partial charge in [-0.05, 0) is 49.5 Å². The molecule has 1 nitrogen and oxygen atoms in total. The first-order valence-electron chi connectivity index (χ1n) is 6.10. The summed E-state index contributed by atoms with van der Waals surface area (Å²) >= 11 is 1.45. The highest BCUT2D eigenvalue weighted by Crippen LogP contribution is 2.26. The SMILES string of the molecule is CNC(CSc1ccc(F)cc1)c1cc(F)ccc1F. The second-order valence-corrected chi connectivity index (χ2v) is 5.37. The number of thioether (sulfide) groups is 1. The van der Waals surface area contributed by atoms with Crippen LogP contribution in [0.1, 0.15) is 11.6 Å². The summed E-state index contributed by atoms with van der Waals surface area (Å²) in [6.07, 6.45) is 0. The zero-order chi connectivity index (χ0) is 14.5. The van der Waals surface area contributed by atoms with Crippen molar-refractivity contribution in [1.82, 2.24) is 5.32 Å². The Bertz CT molecular complexity index is 572. The zero-order valence-corrected chi connectivity index (χ0v) is 11.7. The van der Waals surface area contributed by atoms with Crippen molar-refractivity contribution in [3.8, 4) is 0 Å². The van der Waals surface area contributed by atoms with E-state index in [0.29, 0.717) is 11.3 Å². The molecular weight excluding hydrogens is 283 g/mol. The first kappa shape index (κ1) is 14.9. The number of halogens is 3. The van der Waals surface area contributed by atoms with Gasteiger partial charge in [-0.1, -0.05) is 0 Å². The molecular formula is C15H14F3NS. The van der Waals surface area contributed by atoms with Crippen molar-refractivity contribution in [3.63, 3.8) is 0 Å². The molecule has 0 bridgehead atoms. The highest BCUT2D eigenvalue weighted by molar-refractivity contribution is 7.99. The Morgan fingerprint density at radius 3 is 2.30 bits per heavy atom. The van der Waals surface area contributed by atoms with Gasteiger partial charge in [0.05, 0.1) is 0 Å². The molecule has 0 spiro atoms. The summed E-state index contributed by atoms with van der Waals surface area (Å²) in [7, 11) is 1.69. The summed E-state index contributed by atoms with van der Waals surface area (Å²) < 4.78 is 39.7. The average Bonchev–Trinajstić information content (AvgIpc) is 2.45. The van der Waals surface area contributed by atoms with Crippen LogP contribution in [0.2, 0.25) is 0 Å². The van der Waals surface area contributed by atoms with Crippen molar-refractivity contribution in [2.45, 2.75) is 10.9 Å². The monoisotopic (exact) mass is 297 g/mol. The van der Waals surface area contributed by atoms with E-state index in [4.69, 9.17) is 0 Å². The lowest BCUT2D eigenvalue weighted by atomic mass is 10.1. The number of benzene rings is 2. The fraction of sp³-hybridized carbons (Fsp3) is 0.200. The molecule has 2 aromatic rings. The molecule has 1 atom stereocenters. The van der Waals surface area contributed by atoms with E-state index >= 15 is 0 Å². The third kappa shape index (κ3) is 3.77. The van der Waals surface area contributed by atoms with Gasteiger partial charge in [0.25, 0.3) is 0 Å². The third-order valence-electron chi connectivity index (χ3n) is 2.91. The molecule has 0 aliphatic rings. The van der Waals surface area contributed by atoms with Crippen LogP contribution in [0.15, 0.2) is 47.4 Å². The normalized spacial score (nSPS) is 12.4. The van der Waals surface area contributed by atoms with E-state index in [-0.39, 0.29) is 11.9 Å². The Labute approximate surface area is 120 Å². The molecule has 0 aliphatic heterocycles. The van der Waals surface area contributed by atoms with Gasteiger partial charge in [0.2, 0.25) is 0 Å². The lowest BCUT2D eigenvalue weighted by Gasteiger charge is -2.17. The van der Waals surface area contributed by atoms with E-state index in [1.54, 1.807) is 19.2 Å². The highest BCUT2D eigenvalue weighted by Gasteiger charge is 2.15. The summed E-state index contributed by atoms with van der Waals surface area (Å²) in [5, 5.41) is 2.97. The highest BCUT2D eigenvalue weighted by atomic mass is 32.2. The standard InChI is InChI=1S/C15H14F3NS/c1-19-15(13-8-11(17)4-7-14(13)18)9-20-12-5-2-10(16)3-6-12/h2-8,15,19H,9H2,1H3. The number of hydrogen-bond donors (Lipinski definition) is 1. The maximum atomic E-state index is 13.7. The van der Waals surface area contributed by atoms with Gasteiger partial charge < -0.3 is 5.32 Å². The minimum atomic E-state index is -0.464. The van der Waals surface area contributed by atoms with Gasteiger partial charge in [-0.2, -0.15) is 0 Å². The molecule has 0 fully saturated rings. The Morgan fingerprint density at radius 1 is 1.00 bits per heavy atom. The van der Waals surface area contributed by atoms with Crippen LogP contribution in [0.5, 0.6) is 0 Å². The molecule has 20 heavy (non-hydrogen) atoms. The molecule has 2 rings (SSSR count). The van der Waals surface area contributed by atoms with E-state index in [2.05, 4.69) is 5.32 Å². The fourth-order valence-corrected chi connectivity index (χ4v) is 2.85. The second kappa shape index (κ2) is 6.81. The van der Waals surface area contributed by atoms with E-state index in [0.717, 1.165) is 17.0 Å². The second-order valence-electron chi connectivity index (χ2n) is 4.27. The molecule has 0 aliphatic carbocycles. The molecule has 0 radical (unpaired) electrons. The first-order chi connectivity index (χ1) is 9.60. The van der Waals surface area contributed by atoms with E-state index < -0.39 is 11.6 Å². The first-order valence-corrected chi connectivity index (χ1v) is 7.09. The fourth-order valence-electron chi connectivity index (χ4n) is 1.82. The van der Waals surface area contributed by atoms with Gasteiger partial charge in [0.15, 0.2) is 0 Å². The third-order valence-corrected chi connectivity index (χ3v) is 4.02. The lowest BCUT2D eigenvalue weighted by molar-refractivity contribution is 0.549. The topological polar surface area (TPSA) is 12.0 Å². The predicted octanol–water partition coefficient (Wildman–Crippen LogP) is 4.16. The number of nitrogens with one attached hydrogen (secondary N) is 1. The van der Waals surface area contributed by atoms with E-state index in [1.807, 2.05) is 0 Å². The molecule has 0 aromatic heterocycles. The van der Waals surface area contributed by atoms with Crippen molar-refractivity contribution in [2.75, 3.05) is 12.8 Å². The van der Waals surface area contributed by atoms with Crippen LogP contribution in [0.25, 0.3) is 0 Å². The van der Waals surface area contributed by atoms with Crippen molar-refractivity contribution in [2.24, 2.45) is 0 Å². The summed E-state index contributed by atoms with van der Waals surface area (Å²) in [6, 6.07) is 9.17. The minimum absolute atomic E-state index is 0.294. The molecule has 1 unspecified atom stereocenters. The van der Waals surface area contributed by atoms with Gasteiger partial charge in [-0.15, -0.1) is 11.8 Å². The Balaban J connectivity index is 2.09. The lowest BCUT2D eigenvalue weighted by Crippen LogP contribution is -2.20. The van der Waals surface area contributed by atoms with Crippen molar-refractivity contribution < 1.29 is 13.2 Å². The molecule has 0 amide bonds. The van der Waals surface area contributed by atoms with Gasteiger partial charge in [-0.25, -0.2) is 13.2 Å². The van der Waals surface area contributed by atoms with Crippen LogP contribution in [0.3, 0.4) is 0 Å². The van der Waals surface area contributed by atoms with Crippen LogP contribution in [-0.2, 0) is 0 Å². The molecule has 2 aromatic carbocycles. The van der Waals surface area contributed by atoms with Crippen molar-refractivity contribution in [1.29, 1.82) is 0 Å². The maximum absolute atomic E-state index is 13.7. The summed E-state index contributed by atoms with van der Waals surface area (Å²) in [4.78, 5) is 0.878. The number of rotatable bonds is 5. The van der Waals surface area contributed by atoms with Crippen LogP contribution in [0.4, 0.5) is 13.2 Å². The summed E-state index contributed by atoms with van der Waals surface area (Å²) in [6.45, 7) is 0. The summed E-state index contributed by atoms with van der Waals surface area (Å²) in [5.74, 6) is -0.683. The summed E-state index contributed by atoms with van der Waals surface area (Å²) in [5.41, 5.74) is 0.294. The predicted molar refractivity (Wildman–Crippen MR) is 75.3 cm³/mol. The largest absolute Gasteiger partial charge is 0.312 e. The van der Waals surface area contributed by atoms with Gasteiger partial charge in [0, 0.05) is 22.3 Å². The Morgan fingerprint density at radius 2 is 1.65 bits per heavy atom. The van der Waals surface area contributed by atoms with Gasteiger partial charge >= 0.3 is 0 Å². The minimum Gasteiger partial charge on any atom is -0.312 e. The molecule has 1 N–H and O–H groups in total. The van der Waals surface area contributed by atoms with Gasteiger partial charge in [-0.3, -0.25) is 0 Å². The smallest absolute Gasteiger partial charge is 0.128 e. The Hall–Kier alpha value is -1.46. The number of hydrogen-bond acceptors (Lipinski definition) is 2. The van der Waals surface area contributed by atoms with E-state index in [1.165, 1.54) is 30.0 Å². The van der Waals surface area contributed by atoms with Crippen LogP contribution < -0.4 is 5.32 Å². The molecule has 5 heteroatoms. The molecule has 106 valence electrons. The van der Waals surface area contributed by atoms with Crippen LogP contribution >= 0.6 is 11.8 Å². The van der Waals surface area contributed by atoms with Crippen LogP contribution in [-0.4, -0.2) is 12.8 Å². The zero-order valence-electron chi connectivity index (χ0n) is 10.9. The van der Waals surface area contributed by atoms with Gasteiger partial charge in [0.1, 0.15) is 17.5 Å². The van der Waals surface area contributed by atoms with Crippen LogP contribution in [0, 0.1) is 17.5 Å². The molecule has 0 heterocycles. The molecule has 0 saturated heterocycles. The van der Waals surface area contributed by atoms with Crippen molar-refractivity contribution in [3.05, 3.63) is 65.5 Å². The quantitative estimate of drug-likeness (QED) is 0.832.